The van der Waals surface area contributed by atoms with Gasteiger partial charge in [0.15, 0.2) is 0 Å². The van der Waals surface area contributed by atoms with E-state index < -0.39 is 11.2 Å². The van der Waals surface area contributed by atoms with Gasteiger partial charge in [-0.05, 0) is 46.5 Å². The van der Waals surface area contributed by atoms with E-state index >= 15 is 0 Å². The van der Waals surface area contributed by atoms with Gasteiger partial charge < -0.3 is 14.9 Å². The number of hydrogen-bond acceptors (Lipinski definition) is 3. The van der Waals surface area contributed by atoms with E-state index in [-0.39, 0.29) is 12.7 Å². The fourth-order valence-corrected chi connectivity index (χ4v) is 2.36. The highest BCUT2D eigenvalue weighted by atomic mass is 16.5. The van der Waals surface area contributed by atoms with Crippen LogP contribution in [0.15, 0.2) is 24.3 Å². The van der Waals surface area contributed by atoms with Crippen LogP contribution in [-0.4, -0.2) is 34.1 Å². The van der Waals surface area contributed by atoms with Crippen LogP contribution >= 0.6 is 0 Å². The van der Waals surface area contributed by atoms with Gasteiger partial charge in [0.25, 0.3) is 0 Å². The van der Waals surface area contributed by atoms with E-state index in [0.29, 0.717) is 6.42 Å². The van der Waals surface area contributed by atoms with Crippen molar-refractivity contribution in [3.8, 4) is 0 Å². The van der Waals surface area contributed by atoms with Crippen molar-refractivity contribution in [3.63, 3.8) is 0 Å². The molecule has 1 fully saturated rings. The molecule has 0 spiro atoms. The molecule has 1 aliphatic heterocycles. The molecular weight excluding hydrogens is 228 g/mol. The van der Waals surface area contributed by atoms with Crippen LogP contribution in [0.2, 0.25) is 0 Å². The molecule has 1 heterocycles. The first-order valence-corrected chi connectivity index (χ1v) is 6.63. The highest BCUT2D eigenvalue weighted by Gasteiger charge is 2.44. The topological polar surface area (TPSA) is 49.7 Å². The monoisotopic (exact) mass is 254 g/mol. The summed E-state index contributed by atoms with van der Waals surface area (Å²) in [6.07, 6.45) is 6.53. The van der Waals surface area contributed by atoms with Crippen molar-refractivity contribution in [1.82, 2.24) is 0 Å². The first-order chi connectivity index (χ1) is 8.35. The summed E-state index contributed by atoms with van der Waals surface area (Å²) in [6, 6.07) is 0. The van der Waals surface area contributed by atoms with Gasteiger partial charge in [-0.25, -0.2) is 0 Å². The number of rotatable bonds is 6. The summed E-state index contributed by atoms with van der Waals surface area (Å²) in [7, 11) is 0. The molecule has 3 nitrogen and oxygen atoms in total. The quantitative estimate of drug-likeness (QED) is 0.716. The molecule has 3 atom stereocenters. The third-order valence-corrected chi connectivity index (χ3v) is 3.74. The minimum Gasteiger partial charge on any atom is -0.393 e. The van der Waals surface area contributed by atoms with Crippen LogP contribution in [0.1, 0.15) is 46.5 Å². The van der Waals surface area contributed by atoms with E-state index in [9.17, 15) is 10.2 Å². The summed E-state index contributed by atoms with van der Waals surface area (Å²) in [5.41, 5.74) is -0.259. The second-order valence-electron chi connectivity index (χ2n) is 5.75. The van der Waals surface area contributed by atoms with Gasteiger partial charge in [-0.1, -0.05) is 17.7 Å². The average Bonchev–Trinajstić information content (AvgIpc) is 2.74. The van der Waals surface area contributed by atoms with Gasteiger partial charge in [0.2, 0.25) is 0 Å². The second-order valence-corrected chi connectivity index (χ2v) is 5.75. The Morgan fingerprint density at radius 2 is 2.22 bits per heavy atom. The van der Waals surface area contributed by atoms with Crippen molar-refractivity contribution in [3.05, 3.63) is 24.3 Å². The Morgan fingerprint density at radius 1 is 1.56 bits per heavy atom. The van der Waals surface area contributed by atoms with E-state index in [4.69, 9.17) is 4.74 Å². The van der Waals surface area contributed by atoms with Crippen LogP contribution in [0.4, 0.5) is 0 Å². The fourth-order valence-electron chi connectivity index (χ4n) is 2.36. The number of aliphatic hydroxyl groups is 2. The molecule has 0 aromatic rings. The van der Waals surface area contributed by atoms with Crippen molar-refractivity contribution in [1.29, 1.82) is 0 Å². The molecule has 0 amide bonds. The molecule has 0 aromatic carbocycles. The van der Waals surface area contributed by atoms with Gasteiger partial charge in [0.05, 0.1) is 18.3 Å². The van der Waals surface area contributed by atoms with Crippen LogP contribution in [-0.2, 0) is 4.74 Å². The first-order valence-electron chi connectivity index (χ1n) is 6.63. The number of aliphatic hydroxyl groups excluding tert-OH is 1. The number of hydrogen-bond donors (Lipinski definition) is 2. The van der Waals surface area contributed by atoms with Crippen molar-refractivity contribution in [2.75, 3.05) is 6.61 Å². The lowest BCUT2D eigenvalue weighted by Gasteiger charge is -2.32. The van der Waals surface area contributed by atoms with Gasteiger partial charge in [-0.3, -0.25) is 0 Å². The van der Waals surface area contributed by atoms with Gasteiger partial charge in [0, 0.05) is 0 Å². The Hall–Kier alpha value is -0.640. The van der Waals surface area contributed by atoms with Crippen LogP contribution in [0.5, 0.6) is 0 Å². The Bertz CT molecular complexity index is 316. The Balaban J connectivity index is 2.59. The second kappa shape index (κ2) is 6.00. The zero-order valence-electron chi connectivity index (χ0n) is 11.8. The van der Waals surface area contributed by atoms with Crippen molar-refractivity contribution in [2.45, 2.75) is 63.8 Å². The van der Waals surface area contributed by atoms with Crippen LogP contribution < -0.4 is 0 Å². The number of allylic oxidation sites excluding steroid dienone is 2. The molecule has 0 bridgehead atoms. The number of ether oxygens (including phenoxy) is 1. The van der Waals surface area contributed by atoms with Gasteiger partial charge >= 0.3 is 0 Å². The van der Waals surface area contributed by atoms with E-state index in [0.717, 1.165) is 19.3 Å². The Kier molecular flexibility index (Phi) is 5.14. The molecule has 1 rings (SSSR count). The van der Waals surface area contributed by atoms with E-state index in [1.165, 1.54) is 5.57 Å². The third kappa shape index (κ3) is 3.67. The molecule has 1 saturated heterocycles. The smallest absolute Gasteiger partial charge is 0.110 e. The Labute approximate surface area is 110 Å². The van der Waals surface area contributed by atoms with Crippen molar-refractivity contribution >= 4 is 0 Å². The van der Waals surface area contributed by atoms with Crippen LogP contribution in [0.3, 0.4) is 0 Å². The standard InChI is InChI=1S/C15H26O3/c1-5-15(11-16)10-8-13(18-15)14(4,17)9-6-7-12(2)3/h5,7,13,16-17H,1,6,8-11H2,2-4H3. The average molecular weight is 254 g/mol. The fraction of sp³-hybridized carbons (Fsp3) is 0.733. The minimum absolute atomic E-state index is 0.0724. The summed E-state index contributed by atoms with van der Waals surface area (Å²) in [4.78, 5) is 0. The highest BCUT2D eigenvalue weighted by molar-refractivity contribution is 5.05. The molecule has 2 N–H and O–H groups in total. The molecule has 0 aromatic heterocycles. The maximum atomic E-state index is 10.5. The van der Waals surface area contributed by atoms with Gasteiger partial charge in [-0.15, -0.1) is 6.58 Å². The summed E-state index contributed by atoms with van der Waals surface area (Å²) < 4.78 is 5.83. The molecule has 104 valence electrons. The maximum absolute atomic E-state index is 10.5. The van der Waals surface area contributed by atoms with Crippen molar-refractivity contribution < 1.29 is 14.9 Å². The molecule has 0 saturated carbocycles. The SMILES string of the molecule is C=CC1(CO)CCC(C(C)(O)CCC=C(C)C)O1. The zero-order chi connectivity index (χ0) is 13.8. The Morgan fingerprint density at radius 3 is 2.67 bits per heavy atom. The molecule has 0 radical (unpaired) electrons. The largest absolute Gasteiger partial charge is 0.393 e. The first kappa shape index (κ1) is 15.4. The highest BCUT2D eigenvalue weighted by Crippen LogP contribution is 2.37. The predicted molar refractivity (Wildman–Crippen MR) is 73.4 cm³/mol. The molecule has 3 unspecified atom stereocenters. The summed E-state index contributed by atoms with van der Waals surface area (Å²) in [5, 5.41) is 19.8. The lowest BCUT2D eigenvalue weighted by molar-refractivity contribution is -0.127. The lowest BCUT2D eigenvalue weighted by atomic mass is 9.90. The maximum Gasteiger partial charge on any atom is 0.110 e. The lowest BCUT2D eigenvalue weighted by Crippen LogP contribution is -2.42. The van der Waals surface area contributed by atoms with Crippen LogP contribution in [0, 0.1) is 0 Å². The summed E-state index contributed by atoms with van der Waals surface area (Å²) >= 11 is 0. The van der Waals surface area contributed by atoms with E-state index in [1.807, 2.05) is 6.92 Å². The van der Waals surface area contributed by atoms with Gasteiger partial charge in [-0.2, -0.15) is 0 Å². The molecule has 18 heavy (non-hydrogen) atoms. The van der Waals surface area contributed by atoms with Crippen LogP contribution in [0.25, 0.3) is 0 Å². The molecule has 0 aliphatic carbocycles. The normalized spacial score (nSPS) is 30.8. The zero-order valence-corrected chi connectivity index (χ0v) is 11.8. The molecule has 1 aliphatic rings. The van der Waals surface area contributed by atoms with Gasteiger partial charge in [0.1, 0.15) is 5.60 Å². The van der Waals surface area contributed by atoms with Crippen molar-refractivity contribution in [2.24, 2.45) is 0 Å². The summed E-state index contributed by atoms with van der Waals surface area (Å²) in [6.45, 7) is 9.55. The minimum atomic E-state index is -0.855. The molecular formula is C15H26O3. The summed E-state index contributed by atoms with van der Waals surface area (Å²) in [5.74, 6) is 0. The predicted octanol–water partition coefficient (Wildman–Crippen LogP) is 2.58. The molecule has 3 heteroatoms. The third-order valence-electron chi connectivity index (χ3n) is 3.74. The van der Waals surface area contributed by atoms with E-state index in [2.05, 4.69) is 26.5 Å². The van der Waals surface area contributed by atoms with E-state index in [1.54, 1.807) is 6.08 Å².